The van der Waals surface area contributed by atoms with Crippen molar-refractivity contribution >= 4 is 15.7 Å². The molecule has 0 saturated carbocycles. The fourth-order valence-corrected chi connectivity index (χ4v) is 5.13. The van der Waals surface area contributed by atoms with Crippen molar-refractivity contribution in [3.8, 4) is 22.8 Å². The highest BCUT2D eigenvalue weighted by molar-refractivity contribution is 7.92. The first kappa shape index (κ1) is 20.9. The van der Waals surface area contributed by atoms with Gasteiger partial charge in [0.15, 0.2) is 0 Å². The van der Waals surface area contributed by atoms with Crippen LogP contribution in [0.4, 0.5) is 5.69 Å². The molecule has 0 bridgehead atoms. The van der Waals surface area contributed by atoms with Gasteiger partial charge in [-0.25, -0.2) is 13.5 Å². The van der Waals surface area contributed by atoms with Crippen molar-refractivity contribution in [3.05, 3.63) is 63.9 Å². The van der Waals surface area contributed by atoms with Crippen LogP contribution in [-0.2, 0) is 22.9 Å². The molecule has 1 aromatic heterocycles. The Bertz CT molecular complexity index is 1280. The molecular formula is C22H23N3O5S. The average molecular weight is 442 g/mol. The summed E-state index contributed by atoms with van der Waals surface area (Å²) in [4.78, 5) is 12.2. The number of nitrogens with zero attached hydrogens (tertiary/aromatic N) is 1. The number of H-pyrrole nitrogens is 1. The number of nitrogens with one attached hydrogen (secondary N) is 2. The van der Waals surface area contributed by atoms with Crippen LogP contribution in [0.1, 0.15) is 24.0 Å². The van der Waals surface area contributed by atoms with E-state index in [1.54, 1.807) is 36.4 Å². The molecular weight excluding hydrogens is 418 g/mol. The molecule has 1 aliphatic rings. The zero-order valence-electron chi connectivity index (χ0n) is 17.3. The molecule has 1 aliphatic carbocycles. The molecule has 162 valence electrons. The van der Waals surface area contributed by atoms with Gasteiger partial charge in [0.2, 0.25) is 0 Å². The summed E-state index contributed by atoms with van der Waals surface area (Å²) in [5.41, 5.74) is 2.92. The number of hydrogen-bond acceptors (Lipinski definition) is 6. The maximum atomic E-state index is 13.3. The van der Waals surface area contributed by atoms with E-state index in [1.807, 2.05) is 0 Å². The molecule has 31 heavy (non-hydrogen) atoms. The summed E-state index contributed by atoms with van der Waals surface area (Å²) in [6, 6.07) is 11.6. The van der Waals surface area contributed by atoms with Gasteiger partial charge in [-0.15, -0.1) is 0 Å². The third-order valence-corrected chi connectivity index (χ3v) is 6.76. The number of rotatable bonds is 6. The first-order chi connectivity index (χ1) is 14.9. The van der Waals surface area contributed by atoms with Gasteiger partial charge in [0.25, 0.3) is 15.6 Å². The SMILES string of the molecule is COc1ccccc1NS(=O)(=O)c1cc(-c2n[nH]c(=O)c3c2CCCC3)ccc1OC. The molecule has 0 unspecified atom stereocenters. The van der Waals surface area contributed by atoms with E-state index in [0.29, 0.717) is 29.1 Å². The third-order valence-electron chi connectivity index (χ3n) is 5.37. The van der Waals surface area contributed by atoms with Crippen molar-refractivity contribution in [3.63, 3.8) is 0 Å². The number of fused-ring (bicyclic) bond motifs is 1. The lowest BCUT2D eigenvalue weighted by Crippen LogP contribution is -2.21. The number of anilines is 1. The average Bonchev–Trinajstić information content (AvgIpc) is 2.79. The van der Waals surface area contributed by atoms with Crippen LogP contribution in [0.3, 0.4) is 0 Å². The molecule has 4 rings (SSSR count). The van der Waals surface area contributed by atoms with Crippen LogP contribution in [0, 0.1) is 0 Å². The second kappa shape index (κ2) is 8.43. The lowest BCUT2D eigenvalue weighted by molar-refractivity contribution is 0.403. The van der Waals surface area contributed by atoms with Gasteiger partial charge in [0.05, 0.1) is 25.6 Å². The topological polar surface area (TPSA) is 110 Å². The Hall–Kier alpha value is -3.33. The number of benzene rings is 2. The lowest BCUT2D eigenvalue weighted by atomic mass is 9.90. The van der Waals surface area contributed by atoms with Crippen LogP contribution in [-0.4, -0.2) is 32.8 Å². The summed E-state index contributed by atoms with van der Waals surface area (Å²) < 4.78 is 39.6. The molecule has 0 fully saturated rings. The van der Waals surface area contributed by atoms with Crippen LogP contribution in [0.25, 0.3) is 11.3 Å². The molecule has 0 amide bonds. The van der Waals surface area contributed by atoms with Gasteiger partial charge in [-0.3, -0.25) is 9.52 Å². The number of ether oxygens (including phenoxy) is 2. The van der Waals surface area contributed by atoms with Crippen molar-refractivity contribution < 1.29 is 17.9 Å². The van der Waals surface area contributed by atoms with Crippen molar-refractivity contribution in [2.45, 2.75) is 30.6 Å². The van der Waals surface area contributed by atoms with Crippen LogP contribution in [0.15, 0.2) is 52.2 Å². The molecule has 1 heterocycles. The monoisotopic (exact) mass is 441 g/mol. The maximum absolute atomic E-state index is 13.3. The highest BCUT2D eigenvalue weighted by atomic mass is 32.2. The molecule has 9 heteroatoms. The van der Waals surface area contributed by atoms with E-state index >= 15 is 0 Å². The minimum absolute atomic E-state index is 0.0315. The quantitative estimate of drug-likeness (QED) is 0.608. The van der Waals surface area contributed by atoms with Gasteiger partial charge >= 0.3 is 0 Å². The Morgan fingerprint density at radius 1 is 0.968 bits per heavy atom. The fourth-order valence-electron chi connectivity index (χ4n) is 3.86. The van der Waals surface area contributed by atoms with Crippen molar-refractivity contribution in [1.82, 2.24) is 10.2 Å². The van der Waals surface area contributed by atoms with E-state index in [4.69, 9.17) is 9.47 Å². The zero-order chi connectivity index (χ0) is 22.0. The normalized spacial score (nSPS) is 13.4. The van der Waals surface area contributed by atoms with Crippen molar-refractivity contribution in [2.24, 2.45) is 0 Å². The van der Waals surface area contributed by atoms with E-state index in [2.05, 4.69) is 14.9 Å². The second-order valence-electron chi connectivity index (χ2n) is 7.24. The third kappa shape index (κ3) is 4.00. The van der Waals surface area contributed by atoms with Crippen molar-refractivity contribution in [1.29, 1.82) is 0 Å². The number of para-hydroxylation sites is 2. The summed E-state index contributed by atoms with van der Waals surface area (Å²) in [5, 5.41) is 6.79. The molecule has 0 atom stereocenters. The molecule has 0 aliphatic heterocycles. The number of methoxy groups -OCH3 is 2. The van der Waals surface area contributed by atoms with Gasteiger partial charge in [0.1, 0.15) is 16.4 Å². The van der Waals surface area contributed by atoms with Gasteiger partial charge < -0.3 is 9.47 Å². The number of hydrogen-bond donors (Lipinski definition) is 2. The minimum atomic E-state index is -4.00. The Balaban J connectivity index is 1.81. The summed E-state index contributed by atoms with van der Waals surface area (Å²) in [6.45, 7) is 0. The van der Waals surface area contributed by atoms with Crippen LogP contribution in [0.2, 0.25) is 0 Å². The Morgan fingerprint density at radius 2 is 1.68 bits per heavy atom. The van der Waals surface area contributed by atoms with Crippen LogP contribution in [0.5, 0.6) is 11.5 Å². The van der Waals surface area contributed by atoms with Crippen molar-refractivity contribution in [2.75, 3.05) is 18.9 Å². The summed E-state index contributed by atoms with van der Waals surface area (Å²) in [6.07, 6.45) is 3.33. The molecule has 3 aromatic rings. The highest BCUT2D eigenvalue weighted by Gasteiger charge is 2.24. The molecule has 2 aromatic carbocycles. The Labute approximate surface area is 180 Å². The van der Waals surface area contributed by atoms with Crippen LogP contribution >= 0.6 is 0 Å². The Morgan fingerprint density at radius 3 is 2.42 bits per heavy atom. The largest absolute Gasteiger partial charge is 0.495 e. The predicted molar refractivity (Wildman–Crippen MR) is 117 cm³/mol. The standard InChI is InChI=1S/C22H23N3O5S/c1-29-18-10-6-5-9-17(18)25-31(27,28)20-13-14(11-12-19(20)30-2)21-15-7-3-4-8-16(15)22(26)24-23-21/h5-6,9-13,25H,3-4,7-8H2,1-2H3,(H,24,26). The predicted octanol–water partition coefficient (Wildman–Crippen LogP) is 3.13. The first-order valence-corrected chi connectivity index (χ1v) is 11.4. The van der Waals surface area contributed by atoms with E-state index in [9.17, 15) is 13.2 Å². The minimum Gasteiger partial charge on any atom is -0.495 e. The lowest BCUT2D eigenvalue weighted by Gasteiger charge is -2.18. The van der Waals surface area contributed by atoms with Gasteiger partial charge in [-0.1, -0.05) is 12.1 Å². The summed E-state index contributed by atoms with van der Waals surface area (Å²) in [5.74, 6) is 0.599. The summed E-state index contributed by atoms with van der Waals surface area (Å²) in [7, 11) is -1.12. The van der Waals surface area contributed by atoms with Gasteiger partial charge in [-0.2, -0.15) is 5.10 Å². The van der Waals surface area contributed by atoms with Gasteiger partial charge in [-0.05, 0) is 61.6 Å². The highest BCUT2D eigenvalue weighted by Crippen LogP contribution is 2.34. The van der Waals surface area contributed by atoms with E-state index in [0.717, 1.165) is 30.4 Å². The first-order valence-electron chi connectivity index (χ1n) is 9.89. The van der Waals surface area contributed by atoms with Gasteiger partial charge in [0, 0.05) is 11.1 Å². The number of aromatic nitrogens is 2. The molecule has 8 nitrogen and oxygen atoms in total. The fraction of sp³-hybridized carbons (Fsp3) is 0.273. The number of sulfonamides is 1. The number of aromatic amines is 1. The molecule has 0 saturated heterocycles. The molecule has 0 radical (unpaired) electrons. The van der Waals surface area contributed by atoms with E-state index in [-0.39, 0.29) is 16.2 Å². The van der Waals surface area contributed by atoms with E-state index < -0.39 is 10.0 Å². The Kier molecular flexibility index (Phi) is 5.69. The van der Waals surface area contributed by atoms with Crippen LogP contribution < -0.4 is 19.8 Å². The summed E-state index contributed by atoms with van der Waals surface area (Å²) >= 11 is 0. The molecule has 0 spiro atoms. The zero-order valence-corrected chi connectivity index (χ0v) is 18.1. The molecule has 2 N–H and O–H groups in total. The van der Waals surface area contributed by atoms with E-state index in [1.165, 1.54) is 20.3 Å². The second-order valence-corrected chi connectivity index (χ2v) is 8.89. The maximum Gasteiger partial charge on any atom is 0.267 e. The smallest absolute Gasteiger partial charge is 0.267 e.